The van der Waals surface area contributed by atoms with Gasteiger partial charge in [-0.15, -0.1) is 0 Å². The number of nitrogens with one attached hydrogen (secondary N) is 1. The van der Waals surface area contributed by atoms with Crippen LogP contribution in [0.1, 0.15) is 35.8 Å². The summed E-state index contributed by atoms with van der Waals surface area (Å²) in [6.07, 6.45) is 8.14. The van der Waals surface area contributed by atoms with Crippen molar-refractivity contribution in [2.45, 2.75) is 33.2 Å². The Morgan fingerprint density at radius 3 is 2.76 bits per heavy atom. The standard InChI is InChI=1S/C27H31N3O4/c1-3-4-9-30-16-23(22-14-18(2)28-25(22)27(30)32)20-7-8-21(24(15-20)34-17-19-5-6-19)26(31)29-10-12-33-13-11-29/h3-4,7-8,14-16,19,28H,5-6,9-13,17H2,1-2H3/b4-3+. The van der Waals surface area contributed by atoms with Gasteiger partial charge in [-0.05, 0) is 56.4 Å². The van der Waals surface area contributed by atoms with E-state index in [9.17, 15) is 9.59 Å². The predicted molar refractivity (Wildman–Crippen MR) is 132 cm³/mol. The molecule has 3 heterocycles. The predicted octanol–water partition coefficient (Wildman–Crippen LogP) is 4.14. The summed E-state index contributed by atoms with van der Waals surface area (Å²) in [5.41, 5.74) is 3.91. The fourth-order valence-electron chi connectivity index (χ4n) is 4.40. The van der Waals surface area contributed by atoms with Crippen LogP contribution in [0.5, 0.6) is 5.75 Å². The molecule has 1 saturated carbocycles. The number of aryl methyl sites for hydroxylation is 1. The smallest absolute Gasteiger partial charge is 0.275 e. The van der Waals surface area contributed by atoms with E-state index in [4.69, 9.17) is 9.47 Å². The number of aromatic amines is 1. The molecule has 5 rings (SSSR count). The van der Waals surface area contributed by atoms with Gasteiger partial charge in [-0.3, -0.25) is 9.59 Å². The lowest BCUT2D eigenvalue weighted by molar-refractivity contribution is 0.0300. The first-order valence-corrected chi connectivity index (χ1v) is 12.0. The number of H-pyrrole nitrogens is 1. The molecule has 0 radical (unpaired) electrons. The number of nitrogens with zero attached hydrogens (tertiary/aromatic N) is 2. The van der Waals surface area contributed by atoms with Crippen molar-refractivity contribution in [2.75, 3.05) is 32.9 Å². The lowest BCUT2D eigenvalue weighted by atomic mass is 10.0. The molecule has 7 heteroatoms. The molecule has 1 aromatic carbocycles. The third kappa shape index (κ3) is 4.53. The van der Waals surface area contributed by atoms with Gasteiger partial charge in [0.25, 0.3) is 11.5 Å². The number of hydrogen-bond acceptors (Lipinski definition) is 4. The van der Waals surface area contributed by atoms with E-state index < -0.39 is 0 Å². The molecule has 1 amide bonds. The van der Waals surface area contributed by atoms with Gasteiger partial charge < -0.3 is 23.9 Å². The van der Waals surface area contributed by atoms with E-state index in [2.05, 4.69) is 4.98 Å². The summed E-state index contributed by atoms with van der Waals surface area (Å²) in [5, 5.41) is 0.875. The van der Waals surface area contributed by atoms with Crippen molar-refractivity contribution in [2.24, 2.45) is 5.92 Å². The molecule has 0 spiro atoms. The van der Waals surface area contributed by atoms with Crippen LogP contribution in [-0.4, -0.2) is 53.3 Å². The van der Waals surface area contributed by atoms with Gasteiger partial charge in [-0.1, -0.05) is 18.2 Å². The van der Waals surface area contributed by atoms with E-state index >= 15 is 0 Å². The topological polar surface area (TPSA) is 76.6 Å². The number of carbonyl (C=O) groups is 1. The maximum Gasteiger partial charge on any atom is 0.275 e. The Hall–Kier alpha value is -3.32. The van der Waals surface area contributed by atoms with Crippen molar-refractivity contribution in [3.8, 4) is 16.9 Å². The minimum absolute atomic E-state index is 0.0265. The zero-order chi connectivity index (χ0) is 23.7. The zero-order valence-electron chi connectivity index (χ0n) is 19.8. The van der Waals surface area contributed by atoms with E-state index in [-0.39, 0.29) is 11.5 Å². The van der Waals surface area contributed by atoms with Crippen LogP contribution in [-0.2, 0) is 11.3 Å². The highest BCUT2D eigenvalue weighted by Gasteiger charge is 2.26. The molecule has 2 aliphatic rings. The number of ether oxygens (including phenoxy) is 2. The van der Waals surface area contributed by atoms with Crippen molar-refractivity contribution in [1.29, 1.82) is 0 Å². The van der Waals surface area contributed by atoms with Crippen LogP contribution in [0.15, 0.2) is 47.4 Å². The largest absolute Gasteiger partial charge is 0.492 e. The number of morpholine rings is 1. The van der Waals surface area contributed by atoms with Crippen LogP contribution in [0.3, 0.4) is 0 Å². The summed E-state index contributed by atoms with van der Waals surface area (Å²) in [6.45, 7) is 7.29. The molecule has 3 aromatic rings. The maximum absolute atomic E-state index is 13.3. The molecular weight excluding hydrogens is 430 g/mol. The molecule has 1 saturated heterocycles. The number of amides is 1. The number of rotatable bonds is 7. The SMILES string of the molecule is C/C=C/Cn1cc(-c2ccc(C(=O)N3CCOCC3)c(OCC3CC3)c2)c2cc(C)[nH]c2c1=O. The highest BCUT2D eigenvalue weighted by Crippen LogP contribution is 2.35. The number of carbonyl (C=O) groups excluding carboxylic acids is 1. The molecule has 34 heavy (non-hydrogen) atoms. The van der Waals surface area contributed by atoms with Crippen LogP contribution in [0, 0.1) is 12.8 Å². The van der Waals surface area contributed by atoms with Crippen LogP contribution >= 0.6 is 0 Å². The van der Waals surface area contributed by atoms with Gasteiger partial charge in [0, 0.05) is 42.5 Å². The second kappa shape index (κ2) is 9.50. The number of benzene rings is 1. The van der Waals surface area contributed by atoms with E-state index in [0.717, 1.165) is 22.2 Å². The van der Waals surface area contributed by atoms with Crippen molar-refractivity contribution >= 4 is 16.8 Å². The van der Waals surface area contributed by atoms with Gasteiger partial charge in [0.1, 0.15) is 11.3 Å². The molecule has 1 aliphatic carbocycles. The monoisotopic (exact) mass is 461 g/mol. The number of pyridine rings is 1. The van der Waals surface area contributed by atoms with Gasteiger partial charge in [0.15, 0.2) is 0 Å². The first kappa shape index (κ1) is 22.5. The van der Waals surface area contributed by atoms with Crippen molar-refractivity contribution < 1.29 is 14.3 Å². The quantitative estimate of drug-likeness (QED) is 0.537. The Morgan fingerprint density at radius 1 is 1.24 bits per heavy atom. The van der Waals surface area contributed by atoms with Gasteiger partial charge in [0.05, 0.1) is 25.4 Å². The Balaban J connectivity index is 1.59. The van der Waals surface area contributed by atoms with Crippen molar-refractivity contribution in [1.82, 2.24) is 14.5 Å². The van der Waals surface area contributed by atoms with Gasteiger partial charge in [0.2, 0.25) is 0 Å². The van der Waals surface area contributed by atoms with E-state index in [1.54, 1.807) is 4.57 Å². The molecule has 1 aliphatic heterocycles. The van der Waals surface area contributed by atoms with E-state index in [1.165, 1.54) is 12.8 Å². The fraction of sp³-hybridized carbons (Fsp3) is 0.407. The number of aromatic nitrogens is 2. The third-order valence-electron chi connectivity index (χ3n) is 6.53. The average molecular weight is 462 g/mol. The summed E-state index contributed by atoms with van der Waals surface area (Å²) >= 11 is 0. The fourth-order valence-corrected chi connectivity index (χ4v) is 4.40. The minimum atomic E-state index is -0.0470. The van der Waals surface area contributed by atoms with Gasteiger partial charge >= 0.3 is 0 Å². The van der Waals surface area contributed by atoms with E-state index in [1.807, 2.05) is 61.4 Å². The maximum atomic E-state index is 13.3. The van der Waals surface area contributed by atoms with Crippen LogP contribution in [0.25, 0.3) is 22.0 Å². The molecular formula is C27H31N3O4. The Labute approximate surface area is 199 Å². The Bertz CT molecular complexity index is 1290. The van der Waals surface area contributed by atoms with Crippen LogP contribution in [0.4, 0.5) is 0 Å². The highest BCUT2D eigenvalue weighted by molar-refractivity contribution is 5.99. The molecule has 2 aromatic heterocycles. The summed E-state index contributed by atoms with van der Waals surface area (Å²) in [6, 6.07) is 7.78. The minimum Gasteiger partial charge on any atom is -0.492 e. The molecule has 0 bridgehead atoms. The van der Waals surface area contributed by atoms with Crippen molar-refractivity contribution in [3.63, 3.8) is 0 Å². The van der Waals surface area contributed by atoms with E-state index in [0.29, 0.717) is 62.2 Å². The summed E-state index contributed by atoms with van der Waals surface area (Å²) in [5.74, 6) is 1.14. The highest BCUT2D eigenvalue weighted by atomic mass is 16.5. The molecule has 0 unspecified atom stereocenters. The van der Waals surface area contributed by atoms with Gasteiger partial charge in [-0.25, -0.2) is 0 Å². The van der Waals surface area contributed by atoms with Gasteiger partial charge in [-0.2, -0.15) is 0 Å². The van der Waals surface area contributed by atoms with Crippen LogP contribution < -0.4 is 10.3 Å². The lowest BCUT2D eigenvalue weighted by Crippen LogP contribution is -2.40. The normalized spacial score (nSPS) is 16.5. The Kier molecular flexibility index (Phi) is 6.28. The molecule has 2 fully saturated rings. The third-order valence-corrected chi connectivity index (χ3v) is 6.53. The van der Waals surface area contributed by atoms with Crippen LogP contribution in [0.2, 0.25) is 0 Å². The zero-order valence-corrected chi connectivity index (χ0v) is 19.8. The molecule has 1 N–H and O–H groups in total. The Morgan fingerprint density at radius 2 is 2.03 bits per heavy atom. The second-order valence-electron chi connectivity index (χ2n) is 9.18. The molecule has 0 atom stereocenters. The molecule has 178 valence electrons. The average Bonchev–Trinajstić information content (AvgIpc) is 3.61. The summed E-state index contributed by atoms with van der Waals surface area (Å²) in [4.78, 5) is 31.4. The number of hydrogen-bond donors (Lipinski definition) is 1. The molecule has 7 nitrogen and oxygen atoms in total. The second-order valence-corrected chi connectivity index (χ2v) is 9.18. The number of fused-ring (bicyclic) bond motifs is 1. The van der Waals surface area contributed by atoms with Crippen molar-refractivity contribution in [3.05, 3.63) is 64.2 Å². The lowest BCUT2D eigenvalue weighted by Gasteiger charge is -2.27. The first-order chi connectivity index (χ1) is 16.5. The number of allylic oxidation sites excluding steroid dienone is 2. The summed E-state index contributed by atoms with van der Waals surface area (Å²) < 4.78 is 13.3. The summed E-state index contributed by atoms with van der Waals surface area (Å²) in [7, 11) is 0. The first-order valence-electron chi connectivity index (χ1n) is 12.0.